The molecular formula is C31H30N2O3. The van der Waals surface area contributed by atoms with Crippen LogP contribution in [0.4, 0.5) is 0 Å². The number of methoxy groups -OCH3 is 1. The largest absolute Gasteiger partial charge is 0.491 e. The number of hydrogen-bond donors (Lipinski definition) is 0. The lowest BCUT2D eigenvalue weighted by atomic mass is 9.97. The highest BCUT2D eigenvalue weighted by molar-refractivity contribution is 5.77. The van der Waals surface area contributed by atoms with Crippen LogP contribution in [-0.2, 0) is 4.74 Å². The second-order valence-corrected chi connectivity index (χ2v) is 8.72. The Kier molecular flexibility index (Phi) is 7.99. The lowest BCUT2D eigenvalue weighted by molar-refractivity contribution is 0.146. The highest BCUT2D eigenvalue weighted by atomic mass is 16.5. The fraction of sp³-hybridized carbons (Fsp3) is 0.226. The molecule has 4 rings (SSSR count). The van der Waals surface area contributed by atoms with Gasteiger partial charge in [-0.25, -0.2) is 0 Å². The van der Waals surface area contributed by atoms with Crippen molar-refractivity contribution in [2.45, 2.75) is 26.7 Å². The third kappa shape index (κ3) is 5.56. The van der Waals surface area contributed by atoms with Gasteiger partial charge >= 0.3 is 0 Å². The van der Waals surface area contributed by atoms with Crippen LogP contribution in [0.1, 0.15) is 30.9 Å². The van der Waals surface area contributed by atoms with Crippen LogP contribution < -0.4 is 10.3 Å². The highest BCUT2D eigenvalue weighted by Crippen LogP contribution is 2.30. The molecule has 0 N–H and O–H groups in total. The van der Waals surface area contributed by atoms with Crippen molar-refractivity contribution in [1.29, 1.82) is 5.26 Å². The van der Waals surface area contributed by atoms with Gasteiger partial charge in [0.2, 0.25) is 0 Å². The molecule has 0 radical (unpaired) electrons. The molecule has 0 unspecified atom stereocenters. The lowest BCUT2D eigenvalue weighted by Crippen LogP contribution is -2.20. The Hall–Kier alpha value is -4.14. The van der Waals surface area contributed by atoms with E-state index in [0.29, 0.717) is 30.1 Å². The van der Waals surface area contributed by atoms with Gasteiger partial charge in [-0.15, -0.1) is 0 Å². The zero-order valence-corrected chi connectivity index (χ0v) is 21.0. The number of aromatic nitrogens is 1. The Balaban J connectivity index is 1.91. The third-order valence-electron chi connectivity index (χ3n) is 6.20. The summed E-state index contributed by atoms with van der Waals surface area (Å²) in [4.78, 5) is 13.9. The Morgan fingerprint density at radius 3 is 2.67 bits per heavy atom. The minimum absolute atomic E-state index is 0.127. The lowest BCUT2D eigenvalue weighted by Gasteiger charge is -2.15. The summed E-state index contributed by atoms with van der Waals surface area (Å²) in [6.07, 6.45) is 11.7. The van der Waals surface area contributed by atoms with Gasteiger partial charge < -0.3 is 9.47 Å². The van der Waals surface area contributed by atoms with Crippen molar-refractivity contribution >= 4 is 5.70 Å². The van der Waals surface area contributed by atoms with Gasteiger partial charge in [0.25, 0.3) is 5.56 Å². The van der Waals surface area contributed by atoms with Crippen molar-refractivity contribution in [3.8, 4) is 34.1 Å². The summed E-state index contributed by atoms with van der Waals surface area (Å²) in [5, 5.41) is 9.73. The number of nitriles is 1. The number of nitrogens with zero attached hydrogens (tertiary/aromatic N) is 2. The molecule has 0 fully saturated rings. The van der Waals surface area contributed by atoms with Gasteiger partial charge in [-0.05, 0) is 61.2 Å². The first-order valence-corrected chi connectivity index (χ1v) is 12.1. The highest BCUT2D eigenvalue weighted by Gasteiger charge is 2.16. The third-order valence-corrected chi connectivity index (χ3v) is 6.20. The van der Waals surface area contributed by atoms with E-state index in [2.05, 4.69) is 25.1 Å². The molecule has 2 aromatic carbocycles. The van der Waals surface area contributed by atoms with E-state index in [-0.39, 0.29) is 5.56 Å². The van der Waals surface area contributed by atoms with E-state index in [1.165, 1.54) is 5.57 Å². The molecule has 5 nitrogen and oxygen atoms in total. The number of ether oxygens (including phenoxy) is 2. The van der Waals surface area contributed by atoms with Gasteiger partial charge in [0.15, 0.2) is 0 Å². The van der Waals surface area contributed by atoms with Crippen molar-refractivity contribution in [2.24, 2.45) is 0 Å². The summed E-state index contributed by atoms with van der Waals surface area (Å²) in [7, 11) is 1.63. The van der Waals surface area contributed by atoms with Crippen molar-refractivity contribution < 1.29 is 9.47 Å². The number of aryl methyl sites for hydroxylation is 1. The van der Waals surface area contributed by atoms with Gasteiger partial charge in [0, 0.05) is 35.7 Å². The quantitative estimate of drug-likeness (QED) is 0.346. The van der Waals surface area contributed by atoms with E-state index in [1.807, 2.05) is 67.7 Å². The molecular weight excluding hydrogens is 448 g/mol. The molecule has 0 amide bonds. The summed E-state index contributed by atoms with van der Waals surface area (Å²) in [6, 6.07) is 17.4. The number of pyridine rings is 1. The van der Waals surface area contributed by atoms with Crippen molar-refractivity contribution in [2.75, 3.05) is 20.3 Å². The second kappa shape index (κ2) is 11.5. The summed E-state index contributed by atoms with van der Waals surface area (Å²) < 4.78 is 12.7. The average molecular weight is 479 g/mol. The Bertz CT molecular complexity index is 1450. The van der Waals surface area contributed by atoms with Crippen molar-refractivity contribution in [3.05, 3.63) is 106 Å². The molecule has 5 heteroatoms. The fourth-order valence-corrected chi connectivity index (χ4v) is 4.29. The maximum atomic E-state index is 13.9. The van der Waals surface area contributed by atoms with Crippen LogP contribution in [0.2, 0.25) is 0 Å². The number of rotatable bonds is 8. The van der Waals surface area contributed by atoms with Crippen molar-refractivity contribution in [3.63, 3.8) is 0 Å². The van der Waals surface area contributed by atoms with Crippen LogP contribution >= 0.6 is 0 Å². The summed E-state index contributed by atoms with van der Waals surface area (Å²) in [6.45, 7) is 5.01. The number of allylic oxidation sites excluding steroid dienone is 6. The summed E-state index contributed by atoms with van der Waals surface area (Å²) in [5.74, 6) is 0.682. The fourth-order valence-electron chi connectivity index (χ4n) is 4.29. The minimum atomic E-state index is -0.127. The normalized spacial score (nSPS) is 12.9. The van der Waals surface area contributed by atoms with E-state index in [4.69, 9.17) is 9.47 Å². The predicted molar refractivity (Wildman–Crippen MR) is 145 cm³/mol. The molecule has 0 saturated carbocycles. The molecule has 1 aliphatic rings. The van der Waals surface area contributed by atoms with Crippen LogP contribution in [0.5, 0.6) is 5.75 Å². The molecule has 0 saturated heterocycles. The molecule has 1 aromatic heterocycles. The molecule has 0 spiro atoms. The monoisotopic (exact) mass is 478 g/mol. The van der Waals surface area contributed by atoms with Crippen LogP contribution in [0.15, 0.2) is 89.4 Å². The topological polar surface area (TPSA) is 64.2 Å². The van der Waals surface area contributed by atoms with Crippen LogP contribution in [0.25, 0.3) is 28.0 Å². The molecule has 182 valence electrons. The predicted octanol–water partition coefficient (Wildman–Crippen LogP) is 6.52. The van der Waals surface area contributed by atoms with Crippen LogP contribution in [-0.4, -0.2) is 24.9 Å². The maximum absolute atomic E-state index is 13.9. The average Bonchev–Trinajstić information content (AvgIpc) is 3.14. The first-order valence-electron chi connectivity index (χ1n) is 12.1. The first-order chi connectivity index (χ1) is 17.5. The van der Waals surface area contributed by atoms with Crippen LogP contribution in [0.3, 0.4) is 0 Å². The molecule has 0 aliphatic heterocycles. The van der Waals surface area contributed by atoms with E-state index in [0.717, 1.165) is 40.8 Å². The molecule has 36 heavy (non-hydrogen) atoms. The van der Waals surface area contributed by atoms with E-state index in [1.54, 1.807) is 17.7 Å². The molecule has 3 aromatic rings. The Morgan fingerprint density at radius 2 is 1.89 bits per heavy atom. The summed E-state index contributed by atoms with van der Waals surface area (Å²) >= 11 is 0. The second-order valence-electron chi connectivity index (χ2n) is 8.72. The minimum Gasteiger partial charge on any atom is -0.491 e. The molecule has 1 aliphatic carbocycles. The standard InChI is InChI=1S/C31H30N2O3/c1-4-23-8-7-10-27(13-12-23)33-21-26(29-11-6-5-9-24(29)20-32)19-30(31(33)34)25-16-22(2)17-28(18-25)36-15-14-35-3/h5-11,13,16-19,21H,4,12,14-15H2,1-3H3. The SMILES string of the molecule is CCC1=CC=CC(n2cc(-c3ccccc3C#N)cc(-c3cc(C)cc(OCCOC)c3)c2=O)=CC1. The van der Waals surface area contributed by atoms with E-state index >= 15 is 0 Å². The zero-order valence-electron chi connectivity index (χ0n) is 21.0. The van der Waals surface area contributed by atoms with Gasteiger partial charge in [-0.3, -0.25) is 9.36 Å². The van der Waals surface area contributed by atoms with Crippen molar-refractivity contribution in [1.82, 2.24) is 4.57 Å². The van der Waals surface area contributed by atoms with Gasteiger partial charge in [-0.1, -0.05) is 55.0 Å². The number of hydrogen-bond acceptors (Lipinski definition) is 4. The molecule has 1 heterocycles. The maximum Gasteiger partial charge on any atom is 0.262 e. The van der Waals surface area contributed by atoms with Gasteiger partial charge in [-0.2, -0.15) is 5.26 Å². The Morgan fingerprint density at radius 1 is 1.06 bits per heavy atom. The molecule has 0 bridgehead atoms. The molecule has 0 atom stereocenters. The smallest absolute Gasteiger partial charge is 0.262 e. The van der Waals surface area contributed by atoms with Gasteiger partial charge in [0.05, 0.1) is 18.2 Å². The van der Waals surface area contributed by atoms with E-state index < -0.39 is 0 Å². The van der Waals surface area contributed by atoms with Gasteiger partial charge in [0.1, 0.15) is 12.4 Å². The van der Waals surface area contributed by atoms with Crippen LogP contribution in [0, 0.1) is 18.3 Å². The zero-order chi connectivity index (χ0) is 25.5. The first kappa shape index (κ1) is 25.0. The number of benzene rings is 2. The summed E-state index contributed by atoms with van der Waals surface area (Å²) in [5.41, 5.74) is 6.42. The Labute approximate surface area is 212 Å². The van der Waals surface area contributed by atoms with E-state index in [9.17, 15) is 10.1 Å².